The van der Waals surface area contributed by atoms with Gasteiger partial charge in [-0.1, -0.05) is 0 Å². The fourth-order valence-corrected chi connectivity index (χ4v) is 4.70. The number of fused-ring (bicyclic) bond motifs is 2. The molecule has 1 atom stereocenters. The lowest BCUT2D eigenvalue weighted by Gasteiger charge is -2.12. The van der Waals surface area contributed by atoms with Crippen molar-refractivity contribution in [2.24, 2.45) is 0 Å². The molecular weight excluding hydrogens is 558 g/mol. The van der Waals surface area contributed by atoms with Gasteiger partial charge in [0, 0.05) is 29.2 Å². The molecule has 0 spiro atoms. The Morgan fingerprint density at radius 2 is 1.95 bits per heavy atom. The van der Waals surface area contributed by atoms with E-state index in [0.717, 1.165) is 39.2 Å². The van der Waals surface area contributed by atoms with Gasteiger partial charge in [-0.25, -0.2) is 23.9 Å². The smallest absolute Gasteiger partial charge is 0.231 e. The topological polar surface area (TPSA) is 165 Å². The number of rotatable bonds is 12. The molecule has 0 aliphatic rings. The summed E-state index contributed by atoms with van der Waals surface area (Å²) in [5.74, 6) is 3.30. The molecule has 42 heavy (non-hydrogen) atoms. The van der Waals surface area contributed by atoms with E-state index in [1.54, 1.807) is 23.1 Å². The number of aromatic nitrogens is 6. The van der Waals surface area contributed by atoms with Crippen LogP contribution < -0.4 is 20.1 Å². The Hall–Kier alpha value is -4.76. The molecule has 14 heteroatoms. The van der Waals surface area contributed by atoms with Crippen LogP contribution in [0.15, 0.2) is 78.0 Å². The van der Waals surface area contributed by atoms with Gasteiger partial charge in [-0.3, -0.25) is 8.95 Å². The molecule has 6 aromatic rings. The lowest BCUT2D eigenvalue weighted by Crippen LogP contribution is -2.22. The average molecular weight is 586 g/mol. The minimum absolute atomic E-state index is 0.430. The first-order chi connectivity index (χ1) is 20.5. The van der Waals surface area contributed by atoms with Gasteiger partial charge in [-0.05, 0) is 74.0 Å². The highest BCUT2D eigenvalue weighted by molar-refractivity contribution is 7.77. The molecule has 0 radical (unpaired) electrons. The molecule has 6 rings (SSSR count). The van der Waals surface area contributed by atoms with Crippen molar-refractivity contribution >= 4 is 39.3 Å². The number of hydrogen-bond donors (Lipinski definition) is 4. The third-order valence-electron chi connectivity index (χ3n) is 6.45. The fraction of sp³-hybridized carbons (Fsp3) is 0.179. The number of benzene rings is 2. The first-order valence-corrected chi connectivity index (χ1v) is 14.2. The number of furan rings is 1. The van der Waals surface area contributed by atoms with Gasteiger partial charge >= 0.3 is 0 Å². The molecule has 0 fully saturated rings. The minimum atomic E-state index is -1.98. The van der Waals surface area contributed by atoms with Gasteiger partial charge < -0.3 is 19.8 Å². The summed E-state index contributed by atoms with van der Waals surface area (Å²) in [5.41, 5.74) is 4.11. The van der Waals surface area contributed by atoms with Crippen molar-refractivity contribution in [2.75, 3.05) is 18.4 Å². The molecule has 4 N–H and O–H groups in total. The number of hydrogen-bond acceptors (Lipinski definition) is 10. The third kappa shape index (κ3) is 6.42. The standard InChI is InChI=1S/C28H27N9O4S/c1-18-11-20(4-7-24(18)41-27-13-26-36-33-17-37(26)16-32-27)35-28-22-12-19(3-6-23(22)30-15-31-28)25-8-5-21(40-25)14-29-9-2-10-34-42(38)39/h3-8,11-13,15-17,29,34H,2,9-10,14H2,1H3,(H,38,39)(H,30,31,35). The maximum Gasteiger partial charge on any atom is 0.231 e. The second kappa shape index (κ2) is 12.4. The molecule has 4 aromatic heterocycles. The normalized spacial score (nSPS) is 12.1. The van der Waals surface area contributed by atoms with Gasteiger partial charge in [0.15, 0.2) is 5.65 Å². The zero-order valence-corrected chi connectivity index (χ0v) is 23.3. The van der Waals surface area contributed by atoms with E-state index in [0.29, 0.717) is 49.1 Å². The van der Waals surface area contributed by atoms with Crippen LogP contribution in [-0.2, 0) is 17.8 Å². The number of anilines is 2. The van der Waals surface area contributed by atoms with E-state index in [1.165, 1.54) is 6.33 Å². The second-order valence-electron chi connectivity index (χ2n) is 9.42. The van der Waals surface area contributed by atoms with Gasteiger partial charge in [-0.2, -0.15) is 0 Å². The van der Waals surface area contributed by atoms with Crippen LogP contribution in [-0.4, -0.2) is 51.4 Å². The molecule has 2 aromatic carbocycles. The molecule has 214 valence electrons. The quantitative estimate of drug-likeness (QED) is 0.119. The fourth-order valence-electron chi connectivity index (χ4n) is 4.38. The maximum atomic E-state index is 10.6. The van der Waals surface area contributed by atoms with E-state index in [2.05, 4.69) is 40.5 Å². The summed E-state index contributed by atoms with van der Waals surface area (Å²) in [7, 11) is 0. The van der Waals surface area contributed by atoms with Crippen molar-refractivity contribution in [2.45, 2.75) is 19.9 Å². The molecule has 0 amide bonds. The van der Waals surface area contributed by atoms with E-state index >= 15 is 0 Å². The summed E-state index contributed by atoms with van der Waals surface area (Å²) in [6.07, 6.45) is 5.44. The predicted octanol–water partition coefficient (Wildman–Crippen LogP) is 4.38. The highest BCUT2D eigenvalue weighted by Crippen LogP contribution is 2.32. The van der Waals surface area contributed by atoms with Crippen LogP contribution in [0.2, 0.25) is 0 Å². The van der Waals surface area contributed by atoms with Gasteiger partial charge in [-0.15, -0.1) is 10.2 Å². The zero-order valence-electron chi connectivity index (χ0n) is 22.5. The Balaban J connectivity index is 1.14. The van der Waals surface area contributed by atoms with Gasteiger partial charge in [0.25, 0.3) is 0 Å². The van der Waals surface area contributed by atoms with Crippen molar-refractivity contribution in [1.82, 2.24) is 39.6 Å². The van der Waals surface area contributed by atoms with Gasteiger partial charge in [0.2, 0.25) is 17.1 Å². The Labute approximate surface area is 242 Å². The molecule has 0 saturated carbocycles. The monoisotopic (exact) mass is 585 g/mol. The van der Waals surface area contributed by atoms with Gasteiger partial charge in [0.05, 0.1) is 12.1 Å². The first-order valence-electron chi connectivity index (χ1n) is 13.1. The Bertz CT molecular complexity index is 1870. The van der Waals surface area contributed by atoms with E-state index in [1.807, 2.05) is 55.5 Å². The molecule has 0 bridgehead atoms. The van der Waals surface area contributed by atoms with Crippen molar-refractivity contribution in [3.63, 3.8) is 0 Å². The maximum absolute atomic E-state index is 10.6. The third-order valence-corrected chi connectivity index (χ3v) is 6.90. The predicted molar refractivity (Wildman–Crippen MR) is 158 cm³/mol. The highest BCUT2D eigenvalue weighted by Gasteiger charge is 2.11. The summed E-state index contributed by atoms with van der Waals surface area (Å²) in [4.78, 5) is 13.2. The van der Waals surface area contributed by atoms with Crippen LogP contribution in [0.5, 0.6) is 11.6 Å². The first kappa shape index (κ1) is 27.4. The summed E-state index contributed by atoms with van der Waals surface area (Å²) in [6.45, 7) is 3.65. The molecule has 13 nitrogen and oxygen atoms in total. The van der Waals surface area contributed by atoms with Crippen LogP contribution in [0.1, 0.15) is 17.7 Å². The van der Waals surface area contributed by atoms with Crippen molar-refractivity contribution in [3.05, 3.63) is 84.9 Å². The molecule has 1 unspecified atom stereocenters. The number of nitrogens with zero attached hydrogens (tertiary/aromatic N) is 6. The zero-order chi connectivity index (χ0) is 28.9. The largest absolute Gasteiger partial charge is 0.460 e. The summed E-state index contributed by atoms with van der Waals surface area (Å²) >= 11 is -1.98. The molecule has 0 aliphatic carbocycles. The SMILES string of the molecule is Cc1cc(Nc2ncnc3ccc(-c4ccc(CNCCCNS(=O)O)o4)cc23)ccc1Oc1cc2nncn2cn1. The van der Waals surface area contributed by atoms with E-state index in [9.17, 15) is 4.21 Å². The summed E-state index contributed by atoms with van der Waals surface area (Å²) in [6, 6.07) is 17.3. The van der Waals surface area contributed by atoms with Crippen LogP contribution in [0.4, 0.5) is 11.5 Å². The van der Waals surface area contributed by atoms with E-state index in [4.69, 9.17) is 13.7 Å². The molecule has 0 saturated heterocycles. The summed E-state index contributed by atoms with van der Waals surface area (Å²) < 4.78 is 35.6. The highest BCUT2D eigenvalue weighted by atomic mass is 32.2. The lowest BCUT2D eigenvalue weighted by molar-refractivity contribution is 0.458. The van der Waals surface area contributed by atoms with E-state index < -0.39 is 11.3 Å². The van der Waals surface area contributed by atoms with Crippen molar-refractivity contribution in [1.29, 1.82) is 0 Å². The molecular formula is C28H27N9O4S. The van der Waals surface area contributed by atoms with Crippen LogP contribution in [0.3, 0.4) is 0 Å². The second-order valence-corrected chi connectivity index (χ2v) is 10.2. The van der Waals surface area contributed by atoms with E-state index in [-0.39, 0.29) is 0 Å². The average Bonchev–Trinajstić information content (AvgIpc) is 3.66. The number of ether oxygens (including phenoxy) is 1. The minimum Gasteiger partial charge on any atom is -0.460 e. The lowest BCUT2D eigenvalue weighted by atomic mass is 10.1. The Morgan fingerprint density at radius 1 is 1.02 bits per heavy atom. The molecule has 0 aliphatic heterocycles. The van der Waals surface area contributed by atoms with Crippen LogP contribution >= 0.6 is 0 Å². The number of aryl methyl sites for hydroxylation is 1. The van der Waals surface area contributed by atoms with Crippen molar-refractivity contribution in [3.8, 4) is 23.0 Å². The van der Waals surface area contributed by atoms with Crippen LogP contribution in [0, 0.1) is 6.92 Å². The summed E-state index contributed by atoms with van der Waals surface area (Å²) in [5, 5.41) is 15.4. The number of nitrogens with one attached hydrogen (secondary N) is 3. The van der Waals surface area contributed by atoms with Gasteiger partial charge in [0.1, 0.15) is 42.1 Å². The Kier molecular flexibility index (Phi) is 8.09. The van der Waals surface area contributed by atoms with Crippen LogP contribution in [0.25, 0.3) is 27.9 Å². The Morgan fingerprint density at radius 3 is 2.83 bits per heavy atom. The molecule has 4 heterocycles. The van der Waals surface area contributed by atoms with Crippen molar-refractivity contribution < 1.29 is 17.9 Å².